The molecule has 8 heteroatoms. The van der Waals surface area contributed by atoms with E-state index in [1.54, 1.807) is 29.3 Å². The van der Waals surface area contributed by atoms with Crippen molar-refractivity contribution in [2.24, 2.45) is 5.10 Å². The Morgan fingerprint density at radius 3 is 2.72 bits per heavy atom. The van der Waals surface area contributed by atoms with E-state index in [2.05, 4.69) is 21.1 Å². The van der Waals surface area contributed by atoms with Crippen molar-refractivity contribution in [2.45, 2.75) is 23.9 Å². The lowest BCUT2D eigenvalue weighted by Gasteiger charge is -2.10. The van der Waals surface area contributed by atoms with Gasteiger partial charge in [0.25, 0.3) is 0 Å². The second-order valence-corrected chi connectivity index (χ2v) is 9.43. The van der Waals surface area contributed by atoms with Gasteiger partial charge in [0, 0.05) is 18.1 Å². The SMILES string of the molecule is CC(=O)N(N=Cc1ccc(C)cc1)c1nc(CSc2nc3ccccc3s2)cs1. The minimum absolute atomic E-state index is 0.173. The number of fused-ring (bicyclic) bond motifs is 1. The molecule has 0 aliphatic heterocycles. The van der Waals surface area contributed by atoms with Crippen LogP contribution in [0.5, 0.6) is 0 Å². The molecule has 0 N–H and O–H groups in total. The summed E-state index contributed by atoms with van der Waals surface area (Å²) in [5.74, 6) is 0.525. The lowest BCUT2D eigenvalue weighted by Crippen LogP contribution is -2.22. The quantitative estimate of drug-likeness (QED) is 0.219. The summed E-state index contributed by atoms with van der Waals surface area (Å²) in [6.07, 6.45) is 1.68. The monoisotopic (exact) mass is 438 g/mol. The molecule has 2 aromatic carbocycles. The number of nitrogens with zero attached hydrogens (tertiary/aromatic N) is 4. The molecular formula is C21H18N4OS3. The Balaban J connectivity index is 1.45. The van der Waals surface area contributed by atoms with Crippen LogP contribution in [0.4, 0.5) is 5.13 Å². The molecule has 0 radical (unpaired) electrons. The van der Waals surface area contributed by atoms with Gasteiger partial charge in [0.05, 0.1) is 22.1 Å². The highest BCUT2D eigenvalue weighted by Crippen LogP contribution is 2.32. The number of rotatable bonds is 6. The molecule has 4 rings (SSSR count). The first-order valence-corrected chi connectivity index (χ1v) is 11.6. The number of hydrazone groups is 1. The maximum absolute atomic E-state index is 12.1. The van der Waals surface area contributed by atoms with Crippen molar-refractivity contribution >= 4 is 61.9 Å². The fourth-order valence-corrected chi connectivity index (χ4v) is 5.44. The predicted molar refractivity (Wildman–Crippen MR) is 123 cm³/mol. The molecule has 2 heterocycles. The summed E-state index contributed by atoms with van der Waals surface area (Å²) < 4.78 is 2.20. The Bertz CT molecular complexity index is 1130. The van der Waals surface area contributed by atoms with E-state index in [1.807, 2.05) is 54.8 Å². The van der Waals surface area contributed by atoms with Crippen molar-refractivity contribution in [3.63, 3.8) is 0 Å². The van der Waals surface area contributed by atoms with Crippen LogP contribution >= 0.6 is 34.4 Å². The molecule has 0 spiro atoms. The Morgan fingerprint density at radius 2 is 1.97 bits per heavy atom. The number of aromatic nitrogens is 2. The number of hydrogen-bond acceptors (Lipinski definition) is 7. The van der Waals surface area contributed by atoms with Crippen molar-refractivity contribution in [2.75, 3.05) is 5.01 Å². The number of thiazole rings is 2. The molecule has 0 bridgehead atoms. The summed E-state index contributed by atoms with van der Waals surface area (Å²) in [5.41, 5.74) is 4.05. The topological polar surface area (TPSA) is 58.5 Å². The lowest BCUT2D eigenvalue weighted by molar-refractivity contribution is -0.116. The standard InChI is InChI=1S/C21H18N4OS3/c1-14-7-9-16(10-8-14)11-22-25(15(2)26)20-23-17(12-27-20)13-28-21-24-18-5-3-4-6-19(18)29-21/h3-12H,13H2,1-2H3. The van der Waals surface area contributed by atoms with Gasteiger partial charge in [0.15, 0.2) is 4.34 Å². The molecule has 5 nitrogen and oxygen atoms in total. The van der Waals surface area contributed by atoms with Crippen molar-refractivity contribution in [1.29, 1.82) is 0 Å². The van der Waals surface area contributed by atoms with Gasteiger partial charge < -0.3 is 0 Å². The first-order valence-electron chi connectivity index (χ1n) is 8.92. The summed E-state index contributed by atoms with van der Waals surface area (Å²) >= 11 is 4.75. The van der Waals surface area contributed by atoms with Gasteiger partial charge >= 0.3 is 0 Å². The second-order valence-electron chi connectivity index (χ2n) is 6.34. The third kappa shape index (κ3) is 4.90. The Kier molecular flexibility index (Phi) is 6.03. The van der Waals surface area contributed by atoms with Gasteiger partial charge in [-0.1, -0.05) is 53.7 Å². The third-order valence-corrected chi connectivity index (χ3v) is 7.11. The molecule has 0 aliphatic rings. The van der Waals surface area contributed by atoms with Crippen LogP contribution < -0.4 is 5.01 Å². The number of aryl methyl sites for hydroxylation is 1. The Labute approximate surface area is 181 Å². The minimum atomic E-state index is -0.173. The predicted octanol–water partition coefficient (Wildman–Crippen LogP) is 5.74. The van der Waals surface area contributed by atoms with Gasteiger partial charge in [-0.05, 0) is 24.6 Å². The first-order chi connectivity index (χ1) is 14.1. The number of thioether (sulfide) groups is 1. The molecule has 0 atom stereocenters. The second kappa shape index (κ2) is 8.86. The number of benzene rings is 2. The largest absolute Gasteiger partial charge is 0.273 e. The zero-order valence-electron chi connectivity index (χ0n) is 15.9. The third-order valence-electron chi connectivity index (χ3n) is 4.04. The number of amides is 1. The highest BCUT2D eigenvalue weighted by atomic mass is 32.2. The molecular weight excluding hydrogens is 420 g/mol. The molecule has 0 fully saturated rings. The number of para-hydroxylation sites is 1. The minimum Gasteiger partial charge on any atom is -0.273 e. The molecule has 2 aromatic heterocycles. The molecule has 4 aromatic rings. The van der Waals surface area contributed by atoms with Crippen molar-refractivity contribution in [3.8, 4) is 0 Å². The van der Waals surface area contributed by atoms with Crippen LogP contribution in [-0.2, 0) is 10.5 Å². The van der Waals surface area contributed by atoms with Crippen LogP contribution in [0.1, 0.15) is 23.7 Å². The van der Waals surface area contributed by atoms with Crippen LogP contribution in [0.15, 0.2) is 63.4 Å². The van der Waals surface area contributed by atoms with Crippen LogP contribution in [0, 0.1) is 6.92 Å². The van der Waals surface area contributed by atoms with Crippen LogP contribution in [-0.4, -0.2) is 22.1 Å². The van der Waals surface area contributed by atoms with Gasteiger partial charge in [-0.25, -0.2) is 9.97 Å². The van der Waals surface area contributed by atoms with Gasteiger partial charge in [-0.2, -0.15) is 10.1 Å². The fraction of sp³-hybridized carbons (Fsp3) is 0.143. The summed E-state index contributed by atoms with van der Waals surface area (Å²) in [6, 6.07) is 16.1. The fourth-order valence-electron chi connectivity index (χ4n) is 2.55. The number of hydrogen-bond donors (Lipinski definition) is 0. The zero-order chi connectivity index (χ0) is 20.2. The molecule has 1 amide bonds. The van der Waals surface area contributed by atoms with E-state index in [0.29, 0.717) is 10.9 Å². The summed E-state index contributed by atoms with van der Waals surface area (Å²) in [5, 5.41) is 8.22. The molecule has 146 valence electrons. The normalized spacial score (nSPS) is 11.4. The van der Waals surface area contributed by atoms with E-state index >= 15 is 0 Å². The molecule has 0 aliphatic carbocycles. The van der Waals surface area contributed by atoms with Crippen LogP contribution in [0.2, 0.25) is 0 Å². The summed E-state index contributed by atoms with van der Waals surface area (Å²) in [4.78, 5) is 21.3. The lowest BCUT2D eigenvalue weighted by atomic mass is 10.2. The van der Waals surface area contributed by atoms with Gasteiger partial charge in [-0.3, -0.25) is 4.79 Å². The van der Waals surface area contributed by atoms with Crippen molar-refractivity contribution < 1.29 is 4.79 Å². The van der Waals surface area contributed by atoms with E-state index in [-0.39, 0.29) is 5.91 Å². The number of anilines is 1. The summed E-state index contributed by atoms with van der Waals surface area (Å²) in [7, 11) is 0. The smallest absolute Gasteiger partial charge is 0.246 e. The van der Waals surface area contributed by atoms with E-state index < -0.39 is 0 Å². The van der Waals surface area contributed by atoms with E-state index in [4.69, 9.17) is 0 Å². The van der Waals surface area contributed by atoms with Crippen LogP contribution in [0.25, 0.3) is 10.2 Å². The highest BCUT2D eigenvalue weighted by Gasteiger charge is 2.15. The van der Waals surface area contributed by atoms with Gasteiger partial charge in [0.2, 0.25) is 11.0 Å². The maximum Gasteiger partial charge on any atom is 0.246 e. The molecule has 0 saturated carbocycles. The van der Waals surface area contributed by atoms with Gasteiger partial charge in [-0.15, -0.1) is 22.7 Å². The molecule has 0 saturated heterocycles. The Morgan fingerprint density at radius 1 is 1.17 bits per heavy atom. The first kappa shape index (κ1) is 19.8. The van der Waals surface area contributed by atoms with Crippen LogP contribution in [0.3, 0.4) is 0 Å². The number of carbonyl (C=O) groups excluding carboxylic acids is 1. The molecule has 29 heavy (non-hydrogen) atoms. The maximum atomic E-state index is 12.1. The van der Waals surface area contributed by atoms with E-state index in [1.165, 1.54) is 33.5 Å². The van der Waals surface area contributed by atoms with Gasteiger partial charge in [0.1, 0.15) is 0 Å². The Hall–Kier alpha value is -2.55. The summed E-state index contributed by atoms with van der Waals surface area (Å²) in [6.45, 7) is 3.52. The zero-order valence-corrected chi connectivity index (χ0v) is 18.4. The van der Waals surface area contributed by atoms with E-state index in [9.17, 15) is 4.79 Å². The van der Waals surface area contributed by atoms with E-state index in [0.717, 1.165) is 21.1 Å². The average Bonchev–Trinajstić information content (AvgIpc) is 3.34. The molecule has 0 unspecified atom stereocenters. The average molecular weight is 439 g/mol. The van der Waals surface area contributed by atoms with Crippen molar-refractivity contribution in [3.05, 3.63) is 70.7 Å². The highest BCUT2D eigenvalue weighted by molar-refractivity contribution is 8.00. The van der Waals surface area contributed by atoms with Crippen molar-refractivity contribution in [1.82, 2.24) is 9.97 Å². The number of carbonyl (C=O) groups is 1.